The van der Waals surface area contributed by atoms with Gasteiger partial charge in [0.05, 0.1) is 6.10 Å². The summed E-state index contributed by atoms with van der Waals surface area (Å²) in [5.74, 6) is 0. The van der Waals surface area contributed by atoms with Crippen molar-refractivity contribution in [2.75, 3.05) is 0 Å². The van der Waals surface area contributed by atoms with Gasteiger partial charge in [0, 0.05) is 3.92 Å². The number of aliphatic hydroxyl groups is 1. The van der Waals surface area contributed by atoms with Crippen LogP contribution in [0.5, 0.6) is 0 Å². The lowest BCUT2D eigenvalue weighted by atomic mass is 10.1. The number of allylic oxidation sites excluding steroid dienone is 1. The van der Waals surface area contributed by atoms with Gasteiger partial charge in [-0.1, -0.05) is 34.7 Å². The second kappa shape index (κ2) is 2.82. The third-order valence-electron chi connectivity index (χ3n) is 1.31. The summed E-state index contributed by atoms with van der Waals surface area (Å²) >= 11 is 2.28. The average molecular weight is 224 g/mol. The van der Waals surface area contributed by atoms with Crippen molar-refractivity contribution in [3.8, 4) is 0 Å². The van der Waals surface area contributed by atoms with Gasteiger partial charge in [-0.3, -0.25) is 0 Å². The Kier molecular flexibility index (Phi) is 2.31. The summed E-state index contributed by atoms with van der Waals surface area (Å²) in [4.78, 5) is 0. The van der Waals surface area contributed by atoms with Gasteiger partial charge in [0.25, 0.3) is 0 Å². The zero-order chi connectivity index (χ0) is 5.98. The summed E-state index contributed by atoms with van der Waals surface area (Å²) in [6, 6.07) is 0. The lowest BCUT2D eigenvalue weighted by Gasteiger charge is -2.16. The lowest BCUT2D eigenvalue weighted by Crippen LogP contribution is -2.19. The molecule has 2 atom stereocenters. The summed E-state index contributed by atoms with van der Waals surface area (Å²) < 4.78 is 0.442. The maximum Gasteiger partial charge on any atom is 0.0838 e. The quantitative estimate of drug-likeness (QED) is 0.375. The first kappa shape index (κ1) is 6.55. The minimum absolute atomic E-state index is 0.190. The van der Waals surface area contributed by atoms with Crippen LogP contribution in [0.15, 0.2) is 12.2 Å². The molecule has 0 spiro atoms. The molecule has 0 heterocycles. The van der Waals surface area contributed by atoms with Crippen molar-refractivity contribution in [1.82, 2.24) is 0 Å². The van der Waals surface area contributed by atoms with Gasteiger partial charge in [0.15, 0.2) is 0 Å². The Morgan fingerprint density at radius 1 is 1.62 bits per heavy atom. The minimum Gasteiger partial charge on any atom is -0.388 e. The molecule has 0 aromatic carbocycles. The van der Waals surface area contributed by atoms with Crippen LogP contribution in [0.25, 0.3) is 0 Å². The predicted molar refractivity (Wildman–Crippen MR) is 42.2 cm³/mol. The van der Waals surface area contributed by atoms with Gasteiger partial charge in [0.1, 0.15) is 0 Å². The Bertz CT molecular complexity index is 101. The molecule has 0 aromatic heterocycles. The van der Waals surface area contributed by atoms with Crippen LogP contribution in [0.3, 0.4) is 0 Å². The molecule has 0 aliphatic heterocycles. The molecule has 0 radical (unpaired) electrons. The molecule has 0 aromatic rings. The summed E-state index contributed by atoms with van der Waals surface area (Å²) in [7, 11) is 0. The number of aliphatic hydroxyl groups excluding tert-OH is 1. The summed E-state index contributed by atoms with van der Waals surface area (Å²) in [6.07, 6.45) is 5.98. The van der Waals surface area contributed by atoms with Crippen LogP contribution in [-0.2, 0) is 0 Å². The Morgan fingerprint density at radius 2 is 2.38 bits per heavy atom. The van der Waals surface area contributed by atoms with Gasteiger partial charge in [0.2, 0.25) is 0 Å². The van der Waals surface area contributed by atoms with Gasteiger partial charge in [-0.25, -0.2) is 0 Å². The lowest BCUT2D eigenvalue weighted by molar-refractivity contribution is 0.216. The van der Waals surface area contributed by atoms with E-state index in [0.717, 1.165) is 12.8 Å². The molecule has 8 heavy (non-hydrogen) atoms. The smallest absolute Gasteiger partial charge is 0.0838 e. The van der Waals surface area contributed by atoms with Gasteiger partial charge in [-0.2, -0.15) is 0 Å². The largest absolute Gasteiger partial charge is 0.388 e. The third kappa shape index (κ3) is 1.45. The fourth-order valence-electron chi connectivity index (χ4n) is 0.782. The van der Waals surface area contributed by atoms with Crippen molar-refractivity contribution >= 4 is 22.6 Å². The second-order valence-corrected chi connectivity index (χ2v) is 3.61. The molecule has 0 amide bonds. The Morgan fingerprint density at radius 3 is 2.75 bits per heavy atom. The maximum atomic E-state index is 9.08. The molecular formula is C6H9IO. The Balaban J connectivity index is 2.47. The number of rotatable bonds is 0. The van der Waals surface area contributed by atoms with E-state index in [4.69, 9.17) is 5.11 Å². The van der Waals surface area contributed by atoms with Gasteiger partial charge < -0.3 is 5.11 Å². The van der Waals surface area contributed by atoms with E-state index in [1.165, 1.54) is 0 Å². The standard InChI is InChI=1S/C6H9IO/c7-5-3-1-2-4-6(5)8/h2,4-6,8H,1,3H2. The molecule has 0 bridgehead atoms. The van der Waals surface area contributed by atoms with Crippen molar-refractivity contribution in [1.29, 1.82) is 0 Å². The molecule has 1 aliphatic carbocycles. The number of alkyl halides is 1. The monoisotopic (exact) mass is 224 g/mol. The predicted octanol–water partition coefficient (Wildman–Crippen LogP) is 1.50. The molecule has 2 heteroatoms. The number of hydrogen-bond acceptors (Lipinski definition) is 1. The summed E-state index contributed by atoms with van der Waals surface area (Å²) in [6.45, 7) is 0. The fourth-order valence-corrected chi connectivity index (χ4v) is 1.38. The molecule has 1 N–H and O–H groups in total. The normalized spacial score (nSPS) is 37.8. The van der Waals surface area contributed by atoms with Crippen LogP contribution in [0.2, 0.25) is 0 Å². The fraction of sp³-hybridized carbons (Fsp3) is 0.667. The van der Waals surface area contributed by atoms with E-state index < -0.39 is 0 Å². The SMILES string of the molecule is OC1C=CCCC1I. The van der Waals surface area contributed by atoms with Crippen molar-refractivity contribution in [2.24, 2.45) is 0 Å². The highest BCUT2D eigenvalue weighted by Crippen LogP contribution is 2.18. The Labute approximate surface area is 62.9 Å². The minimum atomic E-state index is -0.190. The van der Waals surface area contributed by atoms with E-state index in [1.807, 2.05) is 12.2 Å². The topological polar surface area (TPSA) is 20.2 Å². The highest BCUT2D eigenvalue weighted by atomic mass is 127. The van der Waals surface area contributed by atoms with Crippen LogP contribution in [-0.4, -0.2) is 15.1 Å². The number of hydrogen-bond donors (Lipinski definition) is 1. The summed E-state index contributed by atoms with van der Waals surface area (Å²) in [5.41, 5.74) is 0. The molecule has 1 aliphatic rings. The van der Waals surface area contributed by atoms with E-state index in [9.17, 15) is 0 Å². The first-order valence-corrected chi connectivity index (χ1v) is 4.04. The van der Waals surface area contributed by atoms with E-state index >= 15 is 0 Å². The molecule has 1 rings (SSSR count). The average Bonchev–Trinajstić information content (AvgIpc) is 1.77. The third-order valence-corrected chi connectivity index (χ3v) is 2.67. The summed E-state index contributed by atoms with van der Waals surface area (Å²) in [5, 5.41) is 9.08. The van der Waals surface area contributed by atoms with E-state index in [0.29, 0.717) is 3.92 Å². The van der Waals surface area contributed by atoms with E-state index in [2.05, 4.69) is 22.6 Å². The molecule has 2 unspecified atom stereocenters. The van der Waals surface area contributed by atoms with Crippen LogP contribution in [0.1, 0.15) is 12.8 Å². The Hall–Kier alpha value is 0.430. The number of halogens is 1. The van der Waals surface area contributed by atoms with Crippen molar-refractivity contribution in [3.63, 3.8) is 0 Å². The first-order chi connectivity index (χ1) is 3.80. The molecule has 0 fully saturated rings. The van der Waals surface area contributed by atoms with Crippen LogP contribution in [0.4, 0.5) is 0 Å². The van der Waals surface area contributed by atoms with Crippen LogP contribution >= 0.6 is 22.6 Å². The maximum absolute atomic E-state index is 9.08. The zero-order valence-electron chi connectivity index (χ0n) is 4.55. The molecular weight excluding hydrogens is 215 g/mol. The van der Waals surface area contributed by atoms with Gasteiger partial charge >= 0.3 is 0 Å². The zero-order valence-corrected chi connectivity index (χ0v) is 6.71. The van der Waals surface area contributed by atoms with Crippen LogP contribution in [0, 0.1) is 0 Å². The van der Waals surface area contributed by atoms with Crippen LogP contribution < -0.4 is 0 Å². The molecule has 0 saturated carbocycles. The van der Waals surface area contributed by atoms with E-state index in [1.54, 1.807) is 0 Å². The van der Waals surface area contributed by atoms with Crippen molar-refractivity contribution in [2.45, 2.75) is 22.9 Å². The molecule has 46 valence electrons. The molecule has 0 saturated heterocycles. The second-order valence-electron chi connectivity index (χ2n) is 2.01. The van der Waals surface area contributed by atoms with Gasteiger partial charge in [-0.05, 0) is 12.8 Å². The highest BCUT2D eigenvalue weighted by Gasteiger charge is 2.14. The van der Waals surface area contributed by atoms with Crippen molar-refractivity contribution < 1.29 is 5.11 Å². The highest BCUT2D eigenvalue weighted by molar-refractivity contribution is 14.1. The van der Waals surface area contributed by atoms with Crippen molar-refractivity contribution in [3.05, 3.63) is 12.2 Å². The first-order valence-electron chi connectivity index (χ1n) is 2.79. The molecule has 1 nitrogen and oxygen atoms in total. The van der Waals surface area contributed by atoms with Gasteiger partial charge in [-0.15, -0.1) is 0 Å². The van der Waals surface area contributed by atoms with E-state index in [-0.39, 0.29) is 6.10 Å².